The molecule has 1 aliphatic rings. The molecule has 0 radical (unpaired) electrons. The van der Waals surface area contributed by atoms with Gasteiger partial charge in [-0.25, -0.2) is 4.98 Å². The van der Waals surface area contributed by atoms with Crippen LogP contribution in [0.15, 0.2) is 28.7 Å². The summed E-state index contributed by atoms with van der Waals surface area (Å²) in [6.07, 6.45) is 1.08. The second kappa shape index (κ2) is 7.15. The first-order chi connectivity index (χ1) is 11.2. The number of aromatic nitrogens is 1. The molecule has 1 atom stereocenters. The number of oxazole rings is 1. The van der Waals surface area contributed by atoms with Crippen molar-refractivity contribution in [1.29, 1.82) is 0 Å². The number of benzene rings is 1. The molecule has 5 heteroatoms. The lowest BCUT2D eigenvalue weighted by molar-refractivity contribution is 0.155. The van der Waals surface area contributed by atoms with Crippen molar-refractivity contribution in [2.24, 2.45) is 0 Å². The number of rotatable bonds is 6. The molecule has 23 heavy (non-hydrogen) atoms. The first-order valence-electron chi connectivity index (χ1n) is 8.15. The molecule has 3 rings (SSSR count). The third-order valence-electron chi connectivity index (χ3n) is 4.23. The van der Waals surface area contributed by atoms with Gasteiger partial charge in [0, 0.05) is 24.8 Å². The highest BCUT2D eigenvalue weighted by Gasteiger charge is 2.22. The number of nitrogens with zero attached hydrogens (tertiary/aromatic N) is 2. The van der Waals surface area contributed by atoms with E-state index in [0.717, 1.165) is 48.9 Å². The summed E-state index contributed by atoms with van der Waals surface area (Å²) in [4.78, 5) is 6.97. The lowest BCUT2D eigenvalue weighted by Gasteiger charge is -2.21. The van der Waals surface area contributed by atoms with Crippen LogP contribution >= 0.6 is 0 Å². The van der Waals surface area contributed by atoms with Crippen molar-refractivity contribution < 1.29 is 13.9 Å². The first-order valence-corrected chi connectivity index (χ1v) is 8.15. The fourth-order valence-electron chi connectivity index (χ4n) is 2.79. The van der Waals surface area contributed by atoms with Gasteiger partial charge in [0.25, 0.3) is 0 Å². The van der Waals surface area contributed by atoms with Crippen molar-refractivity contribution in [3.63, 3.8) is 0 Å². The lowest BCUT2D eigenvalue weighted by atomic mass is 10.2. The molecule has 0 spiro atoms. The van der Waals surface area contributed by atoms with Crippen LogP contribution in [0.2, 0.25) is 0 Å². The van der Waals surface area contributed by atoms with Crippen molar-refractivity contribution in [3.05, 3.63) is 35.7 Å². The van der Waals surface area contributed by atoms with Crippen LogP contribution in [0.4, 0.5) is 0 Å². The van der Waals surface area contributed by atoms with E-state index in [0.29, 0.717) is 18.5 Å². The minimum atomic E-state index is 0.472. The van der Waals surface area contributed by atoms with Gasteiger partial charge in [0.2, 0.25) is 5.89 Å². The normalized spacial score (nSPS) is 17.8. The highest BCUT2D eigenvalue weighted by Crippen LogP contribution is 2.25. The number of aryl methyl sites for hydroxylation is 1. The summed E-state index contributed by atoms with van der Waals surface area (Å²) >= 11 is 0. The predicted molar refractivity (Wildman–Crippen MR) is 88.5 cm³/mol. The second-order valence-corrected chi connectivity index (χ2v) is 5.91. The van der Waals surface area contributed by atoms with E-state index in [1.807, 2.05) is 38.1 Å². The van der Waals surface area contributed by atoms with Crippen LogP contribution in [-0.4, -0.2) is 42.8 Å². The van der Waals surface area contributed by atoms with Crippen molar-refractivity contribution >= 4 is 0 Å². The lowest BCUT2D eigenvalue weighted by Crippen LogP contribution is -2.31. The first kappa shape index (κ1) is 16.0. The molecule has 1 aromatic carbocycles. The molecule has 1 saturated heterocycles. The van der Waals surface area contributed by atoms with Gasteiger partial charge in [-0.3, -0.25) is 4.90 Å². The topological polar surface area (TPSA) is 47.7 Å². The molecule has 2 aromatic rings. The van der Waals surface area contributed by atoms with Crippen molar-refractivity contribution in [3.8, 4) is 17.2 Å². The predicted octanol–water partition coefficient (Wildman–Crippen LogP) is 3.27. The third kappa shape index (κ3) is 3.74. The summed E-state index contributed by atoms with van der Waals surface area (Å²) < 4.78 is 16.8. The van der Waals surface area contributed by atoms with Gasteiger partial charge in [-0.2, -0.15) is 0 Å². The van der Waals surface area contributed by atoms with Crippen molar-refractivity contribution in [2.75, 3.05) is 26.9 Å². The summed E-state index contributed by atoms with van der Waals surface area (Å²) in [5.41, 5.74) is 1.96. The molecule has 0 bridgehead atoms. The fraction of sp³-hybridized carbons (Fsp3) is 0.500. The Labute approximate surface area is 137 Å². The van der Waals surface area contributed by atoms with Crippen LogP contribution in [0.5, 0.6) is 5.75 Å². The van der Waals surface area contributed by atoms with Gasteiger partial charge in [0.05, 0.1) is 18.9 Å². The molecule has 1 aliphatic heterocycles. The Bertz CT molecular complexity index is 630. The van der Waals surface area contributed by atoms with Crippen LogP contribution in [0.1, 0.15) is 24.8 Å². The molecule has 124 valence electrons. The van der Waals surface area contributed by atoms with Crippen LogP contribution in [0.25, 0.3) is 11.5 Å². The average Bonchev–Trinajstić information content (AvgIpc) is 3.19. The Kier molecular flexibility index (Phi) is 4.98. The summed E-state index contributed by atoms with van der Waals surface area (Å²) in [6.45, 7) is 7.05. The van der Waals surface area contributed by atoms with Gasteiger partial charge in [-0.1, -0.05) is 0 Å². The summed E-state index contributed by atoms with van der Waals surface area (Å²) in [7, 11) is 2.12. The third-order valence-corrected chi connectivity index (χ3v) is 4.23. The van der Waals surface area contributed by atoms with Crippen molar-refractivity contribution in [2.45, 2.75) is 32.9 Å². The van der Waals surface area contributed by atoms with Gasteiger partial charge >= 0.3 is 0 Å². The minimum Gasteiger partial charge on any atom is -0.494 e. The zero-order chi connectivity index (χ0) is 16.2. The Hall–Kier alpha value is -1.85. The molecule has 2 heterocycles. The second-order valence-electron chi connectivity index (χ2n) is 5.91. The van der Waals surface area contributed by atoms with E-state index in [2.05, 4.69) is 16.9 Å². The standard InChI is InChI=1S/C18H24N2O3/c1-4-22-16-7-5-14(6-8-16)18-19-17(13(2)23-18)11-20(3)15-9-10-21-12-15/h5-8,15H,4,9-12H2,1-3H3. The number of likely N-dealkylation sites (N-methyl/N-ethyl adjacent to an activating group) is 1. The van der Waals surface area contributed by atoms with Crippen LogP contribution in [0.3, 0.4) is 0 Å². The fourth-order valence-corrected chi connectivity index (χ4v) is 2.79. The Morgan fingerprint density at radius 1 is 1.30 bits per heavy atom. The number of ether oxygens (including phenoxy) is 2. The zero-order valence-electron chi connectivity index (χ0n) is 14.0. The van der Waals surface area contributed by atoms with Gasteiger partial charge < -0.3 is 13.9 Å². The van der Waals surface area contributed by atoms with Gasteiger partial charge in [-0.15, -0.1) is 0 Å². The maximum atomic E-state index is 5.85. The maximum Gasteiger partial charge on any atom is 0.226 e. The van der Waals surface area contributed by atoms with Gasteiger partial charge in [0.15, 0.2) is 0 Å². The van der Waals surface area contributed by atoms with E-state index in [1.54, 1.807) is 0 Å². The van der Waals surface area contributed by atoms with E-state index < -0.39 is 0 Å². The van der Waals surface area contributed by atoms with E-state index in [4.69, 9.17) is 13.9 Å². The maximum absolute atomic E-state index is 5.85. The van der Waals surface area contributed by atoms with Gasteiger partial charge in [0.1, 0.15) is 11.5 Å². The van der Waals surface area contributed by atoms with E-state index in [-0.39, 0.29) is 0 Å². The Balaban J connectivity index is 1.72. The Morgan fingerprint density at radius 2 is 2.09 bits per heavy atom. The monoisotopic (exact) mass is 316 g/mol. The molecule has 5 nitrogen and oxygen atoms in total. The van der Waals surface area contributed by atoms with Crippen LogP contribution in [-0.2, 0) is 11.3 Å². The minimum absolute atomic E-state index is 0.472. The quantitative estimate of drug-likeness (QED) is 0.818. The molecular weight excluding hydrogens is 292 g/mol. The molecule has 0 aliphatic carbocycles. The Morgan fingerprint density at radius 3 is 2.74 bits per heavy atom. The molecule has 0 N–H and O–H groups in total. The largest absolute Gasteiger partial charge is 0.494 e. The molecule has 1 unspecified atom stereocenters. The van der Waals surface area contributed by atoms with Gasteiger partial charge in [-0.05, 0) is 51.6 Å². The van der Waals surface area contributed by atoms with E-state index in [1.165, 1.54) is 0 Å². The summed E-state index contributed by atoms with van der Waals surface area (Å²) in [5, 5.41) is 0. The number of hydrogen-bond acceptors (Lipinski definition) is 5. The smallest absolute Gasteiger partial charge is 0.226 e. The van der Waals surface area contributed by atoms with Crippen molar-refractivity contribution in [1.82, 2.24) is 9.88 Å². The molecule has 0 saturated carbocycles. The molecule has 1 fully saturated rings. The molecular formula is C18H24N2O3. The number of hydrogen-bond donors (Lipinski definition) is 0. The summed E-state index contributed by atoms with van der Waals surface area (Å²) in [5.74, 6) is 2.40. The highest BCUT2D eigenvalue weighted by molar-refractivity contribution is 5.55. The average molecular weight is 316 g/mol. The molecule has 0 amide bonds. The SMILES string of the molecule is CCOc1ccc(-c2nc(CN(C)C3CCOC3)c(C)o2)cc1. The molecule has 1 aromatic heterocycles. The highest BCUT2D eigenvalue weighted by atomic mass is 16.5. The van der Waals surface area contributed by atoms with Crippen LogP contribution in [0, 0.1) is 6.92 Å². The van der Waals surface area contributed by atoms with E-state index in [9.17, 15) is 0 Å². The zero-order valence-corrected chi connectivity index (χ0v) is 14.0. The van der Waals surface area contributed by atoms with E-state index >= 15 is 0 Å². The van der Waals surface area contributed by atoms with Crippen LogP contribution < -0.4 is 4.74 Å². The summed E-state index contributed by atoms with van der Waals surface area (Å²) in [6, 6.07) is 8.32.